The molecule has 102 valence electrons. The Morgan fingerprint density at radius 1 is 1.25 bits per heavy atom. The van der Waals surface area contributed by atoms with E-state index in [9.17, 15) is 5.26 Å². The number of morpholine rings is 1. The molecule has 0 N–H and O–H groups in total. The van der Waals surface area contributed by atoms with Gasteiger partial charge in [-0.15, -0.1) is 0 Å². The predicted octanol–water partition coefficient (Wildman–Crippen LogP) is 2.72. The molecule has 2 aromatic rings. The minimum Gasteiger partial charge on any atom is -0.372 e. The van der Waals surface area contributed by atoms with Crippen LogP contribution in [0.3, 0.4) is 0 Å². The minimum absolute atomic E-state index is 0.209. The number of rotatable bonds is 1. The third kappa shape index (κ3) is 2.21. The summed E-state index contributed by atoms with van der Waals surface area (Å²) in [5.41, 5.74) is 2.53. The number of hydrogen-bond acceptors (Lipinski definition) is 4. The zero-order valence-electron chi connectivity index (χ0n) is 11.7. The van der Waals surface area contributed by atoms with Gasteiger partial charge in [0.15, 0.2) is 0 Å². The van der Waals surface area contributed by atoms with E-state index in [2.05, 4.69) is 29.8 Å². The van der Waals surface area contributed by atoms with Crippen molar-refractivity contribution in [2.75, 3.05) is 18.0 Å². The van der Waals surface area contributed by atoms with Crippen molar-refractivity contribution in [3.63, 3.8) is 0 Å². The molecule has 0 aliphatic carbocycles. The first kappa shape index (κ1) is 12.9. The summed E-state index contributed by atoms with van der Waals surface area (Å²) >= 11 is 0. The van der Waals surface area contributed by atoms with Crippen molar-refractivity contribution < 1.29 is 4.74 Å². The first-order valence-electron chi connectivity index (χ1n) is 6.87. The lowest BCUT2D eigenvalue weighted by Crippen LogP contribution is -2.45. The summed E-state index contributed by atoms with van der Waals surface area (Å²) in [5.74, 6) is 0. The Morgan fingerprint density at radius 3 is 2.70 bits per heavy atom. The molecule has 1 aromatic carbocycles. The quantitative estimate of drug-likeness (QED) is 0.797. The van der Waals surface area contributed by atoms with Gasteiger partial charge in [-0.05, 0) is 38.1 Å². The number of hydrogen-bond donors (Lipinski definition) is 0. The molecule has 0 spiro atoms. The Bertz CT molecular complexity index is 667. The molecule has 3 rings (SSSR count). The molecule has 1 aliphatic rings. The average molecular weight is 267 g/mol. The van der Waals surface area contributed by atoms with Crippen LogP contribution in [0.4, 0.5) is 5.69 Å². The number of benzene rings is 1. The second-order valence-electron chi connectivity index (χ2n) is 5.31. The van der Waals surface area contributed by atoms with E-state index in [0.717, 1.165) is 29.7 Å². The van der Waals surface area contributed by atoms with Gasteiger partial charge < -0.3 is 9.64 Å². The number of pyridine rings is 1. The van der Waals surface area contributed by atoms with E-state index >= 15 is 0 Å². The highest BCUT2D eigenvalue weighted by Crippen LogP contribution is 2.30. The topological polar surface area (TPSA) is 49.2 Å². The van der Waals surface area contributed by atoms with Gasteiger partial charge in [0.05, 0.1) is 23.3 Å². The Morgan fingerprint density at radius 2 is 2.00 bits per heavy atom. The Kier molecular flexibility index (Phi) is 3.29. The highest BCUT2D eigenvalue weighted by molar-refractivity contribution is 5.95. The molecule has 0 unspecified atom stereocenters. The van der Waals surface area contributed by atoms with E-state index in [1.54, 1.807) is 6.20 Å². The molecule has 2 atom stereocenters. The molecule has 0 bridgehead atoms. The molecule has 0 saturated carbocycles. The largest absolute Gasteiger partial charge is 0.372 e. The summed E-state index contributed by atoms with van der Waals surface area (Å²) in [7, 11) is 0. The number of nitrogens with zero attached hydrogens (tertiary/aromatic N) is 3. The van der Waals surface area contributed by atoms with Crippen LogP contribution in [0.1, 0.15) is 19.4 Å². The Balaban J connectivity index is 2.11. The number of aromatic nitrogens is 1. The lowest BCUT2D eigenvalue weighted by Gasteiger charge is -2.37. The summed E-state index contributed by atoms with van der Waals surface area (Å²) < 4.78 is 5.79. The van der Waals surface area contributed by atoms with Crippen molar-refractivity contribution in [2.24, 2.45) is 0 Å². The van der Waals surface area contributed by atoms with Gasteiger partial charge in [0.25, 0.3) is 0 Å². The SMILES string of the molecule is C[C@@H]1CN(c2ccc(C#N)c3ncccc23)C[C@H](C)O1. The monoisotopic (exact) mass is 267 g/mol. The maximum absolute atomic E-state index is 9.20. The van der Waals surface area contributed by atoms with Gasteiger partial charge in [-0.2, -0.15) is 5.26 Å². The third-order valence-electron chi connectivity index (χ3n) is 3.63. The fourth-order valence-corrected chi connectivity index (χ4v) is 2.90. The van der Waals surface area contributed by atoms with Crippen molar-refractivity contribution in [1.29, 1.82) is 5.26 Å². The molecule has 0 radical (unpaired) electrons. The molecule has 2 heterocycles. The predicted molar refractivity (Wildman–Crippen MR) is 78.7 cm³/mol. The van der Waals surface area contributed by atoms with Crippen LogP contribution in [0, 0.1) is 11.3 Å². The van der Waals surface area contributed by atoms with Gasteiger partial charge >= 0.3 is 0 Å². The number of fused-ring (bicyclic) bond motifs is 1. The van der Waals surface area contributed by atoms with Crippen molar-refractivity contribution in [3.05, 3.63) is 36.0 Å². The molecule has 4 nitrogen and oxygen atoms in total. The first-order chi connectivity index (χ1) is 9.69. The van der Waals surface area contributed by atoms with Crippen LogP contribution in [-0.2, 0) is 4.74 Å². The van der Waals surface area contributed by atoms with Crippen LogP contribution in [0.15, 0.2) is 30.5 Å². The number of nitriles is 1. The highest BCUT2D eigenvalue weighted by Gasteiger charge is 2.24. The van der Waals surface area contributed by atoms with Crippen molar-refractivity contribution in [3.8, 4) is 6.07 Å². The maximum Gasteiger partial charge on any atom is 0.101 e. The molecule has 1 fully saturated rings. The van der Waals surface area contributed by atoms with Crippen LogP contribution < -0.4 is 4.90 Å². The van der Waals surface area contributed by atoms with E-state index < -0.39 is 0 Å². The second kappa shape index (κ2) is 5.10. The van der Waals surface area contributed by atoms with E-state index in [0.29, 0.717) is 5.56 Å². The standard InChI is InChI=1S/C16H17N3O/c1-11-9-19(10-12(2)20-11)15-6-5-13(8-17)16-14(15)4-3-7-18-16/h3-7,11-12H,9-10H2,1-2H3/t11-,12+. The first-order valence-corrected chi connectivity index (χ1v) is 6.87. The Hall–Kier alpha value is -2.12. The summed E-state index contributed by atoms with van der Waals surface area (Å²) in [5, 5.41) is 10.2. The van der Waals surface area contributed by atoms with Crippen LogP contribution >= 0.6 is 0 Å². The summed E-state index contributed by atoms with van der Waals surface area (Å²) in [4.78, 5) is 6.69. The van der Waals surface area contributed by atoms with Gasteiger partial charge in [-0.3, -0.25) is 4.98 Å². The van der Waals surface area contributed by atoms with Crippen LogP contribution in [0.5, 0.6) is 0 Å². The maximum atomic E-state index is 9.20. The average Bonchev–Trinajstić information content (AvgIpc) is 2.45. The second-order valence-corrected chi connectivity index (χ2v) is 5.31. The molecule has 4 heteroatoms. The zero-order chi connectivity index (χ0) is 14.1. The summed E-state index contributed by atoms with van der Waals surface area (Å²) in [6.07, 6.45) is 2.15. The zero-order valence-corrected chi connectivity index (χ0v) is 11.7. The van der Waals surface area contributed by atoms with Crippen LogP contribution in [0.25, 0.3) is 10.9 Å². The Labute approximate surface area is 118 Å². The molecule has 1 aromatic heterocycles. The van der Waals surface area contributed by atoms with Crippen molar-refractivity contribution in [2.45, 2.75) is 26.1 Å². The molecular formula is C16H17N3O. The smallest absolute Gasteiger partial charge is 0.101 e. The van der Waals surface area contributed by atoms with E-state index in [-0.39, 0.29) is 12.2 Å². The van der Waals surface area contributed by atoms with E-state index in [1.807, 2.05) is 24.3 Å². The fraction of sp³-hybridized carbons (Fsp3) is 0.375. The molecule has 1 aliphatic heterocycles. The van der Waals surface area contributed by atoms with Crippen molar-refractivity contribution in [1.82, 2.24) is 4.98 Å². The van der Waals surface area contributed by atoms with Gasteiger partial charge in [0.1, 0.15) is 6.07 Å². The minimum atomic E-state index is 0.209. The van der Waals surface area contributed by atoms with Gasteiger partial charge in [0.2, 0.25) is 0 Å². The number of ether oxygens (including phenoxy) is 1. The molecule has 1 saturated heterocycles. The highest BCUT2D eigenvalue weighted by atomic mass is 16.5. The van der Waals surface area contributed by atoms with Crippen LogP contribution in [0.2, 0.25) is 0 Å². The normalized spacial score (nSPS) is 22.8. The fourth-order valence-electron chi connectivity index (χ4n) is 2.90. The van der Waals surface area contributed by atoms with Gasteiger partial charge in [-0.25, -0.2) is 0 Å². The summed E-state index contributed by atoms with van der Waals surface area (Å²) in [6.45, 7) is 5.90. The van der Waals surface area contributed by atoms with Gasteiger partial charge in [0, 0.05) is 30.4 Å². The van der Waals surface area contributed by atoms with Crippen LogP contribution in [-0.4, -0.2) is 30.3 Å². The molecule has 20 heavy (non-hydrogen) atoms. The van der Waals surface area contributed by atoms with Gasteiger partial charge in [-0.1, -0.05) is 0 Å². The lowest BCUT2D eigenvalue weighted by molar-refractivity contribution is -0.00513. The molecule has 0 amide bonds. The third-order valence-corrected chi connectivity index (χ3v) is 3.63. The van der Waals surface area contributed by atoms with Crippen molar-refractivity contribution >= 4 is 16.6 Å². The lowest BCUT2D eigenvalue weighted by atomic mass is 10.1. The number of anilines is 1. The molecular weight excluding hydrogens is 250 g/mol. The summed E-state index contributed by atoms with van der Waals surface area (Å²) in [6, 6.07) is 10.0. The van der Waals surface area contributed by atoms with E-state index in [1.165, 1.54) is 0 Å². The van der Waals surface area contributed by atoms with E-state index in [4.69, 9.17) is 4.74 Å².